The summed E-state index contributed by atoms with van der Waals surface area (Å²) in [6, 6.07) is 6.11. The second kappa shape index (κ2) is 6.33. The fourth-order valence-electron chi connectivity index (χ4n) is 1.81. The van der Waals surface area contributed by atoms with Crippen LogP contribution in [0, 0.1) is 5.92 Å². The molecule has 1 unspecified atom stereocenters. The number of ether oxygens (including phenoxy) is 1. The number of pyridine rings is 1. The molecule has 2 aromatic heterocycles. The zero-order valence-electron chi connectivity index (χ0n) is 11.6. The monoisotopic (exact) mass is 260 g/mol. The van der Waals surface area contributed by atoms with Crippen molar-refractivity contribution in [3.63, 3.8) is 0 Å². The average molecular weight is 260 g/mol. The predicted octanol–water partition coefficient (Wildman–Crippen LogP) is 2.35. The van der Waals surface area contributed by atoms with Crippen molar-refractivity contribution in [2.24, 2.45) is 5.92 Å². The van der Waals surface area contributed by atoms with E-state index in [-0.39, 0.29) is 6.04 Å². The molecule has 2 heterocycles. The summed E-state index contributed by atoms with van der Waals surface area (Å²) in [5.74, 6) is 1.30. The van der Waals surface area contributed by atoms with Crippen LogP contribution in [-0.4, -0.2) is 34.5 Å². The number of hydrogen-bond acceptors (Lipinski definition) is 4. The molecule has 0 aromatic carbocycles. The summed E-state index contributed by atoms with van der Waals surface area (Å²) >= 11 is 0. The molecule has 0 aliphatic carbocycles. The van der Waals surface area contributed by atoms with Crippen molar-refractivity contribution in [2.75, 3.05) is 19.0 Å². The average Bonchev–Trinajstić information content (AvgIpc) is 2.93. The van der Waals surface area contributed by atoms with Crippen LogP contribution in [0.3, 0.4) is 0 Å². The summed E-state index contributed by atoms with van der Waals surface area (Å²) in [6.45, 7) is 5.02. The van der Waals surface area contributed by atoms with E-state index in [0.717, 1.165) is 11.5 Å². The first-order valence-corrected chi connectivity index (χ1v) is 6.42. The van der Waals surface area contributed by atoms with Crippen LogP contribution in [0.25, 0.3) is 5.82 Å². The summed E-state index contributed by atoms with van der Waals surface area (Å²) in [7, 11) is 1.72. The van der Waals surface area contributed by atoms with Crippen LogP contribution in [-0.2, 0) is 4.74 Å². The summed E-state index contributed by atoms with van der Waals surface area (Å²) in [6.07, 6.45) is 5.43. The van der Waals surface area contributed by atoms with Crippen molar-refractivity contribution in [3.05, 3.63) is 36.8 Å². The maximum absolute atomic E-state index is 5.22. The topological polar surface area (TPSA) is 52.0 Å². The molecule has 5 nitrogen and oxygen atoms in total. The molecule has 0 aliphatic heterocycles. The van der Waals surface area contributed by atoms with Crippen LogP contribution >= 0.6 is 0 Å². The van der Waals surface area contributed by atoms with Gasteiger partial charge in [-0.25, -0.2) is 9.67 Å². The lowest BCUT2D eigenvalue weighted by Crippen LogP contribution is -2.30. The van der Waals surface area contributed by atoms with E-state index in [1.165, 1.54) is 0 Å². The van der Waals surface area contributed by atoms with E-state index in [1.807, 2.05) is 30.6 Å². The number of rotatable bonds is 6. The van der Waals surface area contributed by atoms with Gasteiger partial charge in [-0.3, -0.25) is 0 Å². The molecule has 0 amide bonds. The first kappa shape index (κ1) is 13.5. The first-order chi connectivity index (χ1) is 9.20. The number of nitrogens with one attached hydrogen (secondary N) is 1. The van der Waals surface area contributed by atoms with Crippen LogP contribution in [0.4, 0.5) is 5.69 Å². The molecule has 0 saturated carbocycles. The number of aromatic nitrogens is 3. The van der Waals surface area contributed by atoms with Gasteiger partial charge in [0.15, 0.2) is 5.82 Å². The zero-order chi connectivity index (χ0) is 13.7. The molecular weight excluding hydrogens is 240 g/mol. The minimum absolute atomic E-state index is 0.280. The number of hydrogen-bond donors (Lipinski definition) is 1. The molecule has 0 spiro atoms. The third kappa shape index (κ3) is 3.54. The van der Waals surface area contributed by atoms with Crippen LogP contribution < -0.4 is 5.32 Å². The number of anilines is 1. The molecule has 0 saturated heterocycles. The highest BCUT2D eigenvalue weighted by Crippen LogP contribution is 2.13. The molecule has 0 radical (unpaired) electrons. The van der Waals surface area contributed by atoms with Gasteiger partial charge < -0.3 is 10.1 Å². The van der Waals surface area contributed by atoms with E-state index in [4.69, 9.17) is 4.74 Å². The van der Waals surface area contributed by atoms with Gasteiger partial charge in [0.2, 0.25) is 0 Å². The van der Waals surface area contributed by atoms with Crippen molar-refractivity contribution in [1.29, 1.82) is 0 Å². The molecule has 2 rings (SSSR count). The fraction of sp³-hybridized carbons (Fsp3) is 0.429. The van der Waals surface area contributed by atoms with Crippen LogP contribution in [0.2, 0.25) is 0 Å². The standard InChI is InChI=1S/C14H20N4O/c1-11(2)13(10-19-3)17-12-5-6-14(15-9-12)18-8-4-7-16-18/h4-9,11,13,17H,10H2,1-3H3. The molecule has 5 heteroatoms. The Morgan fingerprint density at radius 1 is 1.37 bits per heavy atom. The summed E-state index contributed by atoms with van der Waals surface area (Å²) < 4.78 is 6.96. The van der Waals surface area contributed by atoms with Crippen molar-refractivity contribution < 1.29 is 4.74 Å². The van der Waals surface area contributed by atoms with Crippen LogP contribution in [0.1, 0.15) is 13.8 Å². The predicted molar refractivity (Wildman–Crippen MR) is 75.5 cm³/mol. The van der Waals surface area contributed by atoms with Gasteiger partial charge in [-0.1, -0.05) is 13.8 Å². The van der Waals surface area contributed by atoms with E-state index in [2.05, 4.69) is 29.2 Å². The van der Waals surface area contributed by atoms with Crippen LogP contribution in [0.15, 0.2) is 36.8 Å². The second-order valence-electron chi connectivity index (χ2n) is 4.81. The molecular formula is C14H20N4O. The van der Waals surface area contributed by atoms with E-state index >= 15 is 0 Å². The molecule has 1 N–H and O–H groups in total. The minimum atomic E-state index is 0.280. The highest BCUT2D eigenvalue weighted by Gasteiger charge is 2.12. The lowest BCUT2D eigenvalue weighted by molar-refractivity contribution is 0.171. The van der Waals surface area contributed by atoms with Gasteiger partial charge in [0, 0.05) is 19.5 Å². The number of nitrogens with zero attached hydrogens (tertiary/aromatic N) is 3. The second-order valence-corrected chi connectivity index (χ2v) is 4.81. The molecule has 0 fully saturated rings. The molecule has 0 bridgehead atoms. The van der Waals surface area contributed by atoms with Crippen molar-refractivity contribution in [3.8, 4) is 5.82 Å². The van der Waals surface area contributed by atoms with Gasteiger partial charge in [0.25, 0.3) is 0 Å². The summed E-state index contributed by atoms with van der Waals surface area (Å²) in [5, 5.41) is 7.58. The van der Waals surface area contributed by atoms with E-state index in [1.54, 1.807) is 18.0 Å². The van der Waals surface area contributed by atoms with Gasteiger partial charge in [0.05, 0.1) is 24.5 Å². The Hall–Kier alpha value is -1.88. The van der Waals surface area contributed by atoms with E-state index < -0.39 is 0 Å². The Bertz CT molecular complexity index is 479. The lowest BCUT2D eigenvalue weighted by Gasteiger charge is -2.22. The van der Waals surface area contributed by atoms with Crippen molar-refractivity contribution in [1.82, 2.24) is 14.8 Å². The Morgan fingerprint density at radius 3 is 2.74 bits per heavy atom. The SMILES string of the molecule is COCC(Nc1ccc(-n2cccn2)nc1)C(C)C. The molecule has 0 aliphatic rings. The minimum Gasteiger partial charge on any atom is -0.383 e. The fourth-order valence-corrected chi connectivity index (χ4v) is 1.81. The van der Waals surface area contributed by atoms with Gasteiger partial charge in [-0.2, -0.15) is 5.10 Å². The molecule has 2 aromatic rings. The Kier molecular flexibility index (Phi) is 4.52. The van der Waals surface area contributed by atoms with Gasteiger partial charge in [0.1, 0.15) is 0 Å². The lowest BCUT2D eigenvalue weighted by atomic mass is 10.1. The van der Waals surface area contributed by atoms with Gasteiger partial charge in [-0.05, 0) is 24.1 Å². The summed E-state index contributed by atoms with van der Waals surface area (Å²) in [4.78, 5) is 4.39. The number of methoxy groups -OCH3 is 1. The van der Waals surface area contributed by atoms with Crippen molar-refractivity contribution in [2.45, 2.75) is 19.9 Å². The molecule has 1 atom stereocenters. The largest absolute Gasteiger partial charge is 0.383 e. The molecule has 19 heavy (non-hydrogen) atoms. The third-order valence-electron chi connectivity index (χ3n) is 2.99. The first-order valence-electron chi connectivity index (χ1n) is 6.42. The Morgan fingerprint density at radius 2 is 2.21 bits per heavy atom. The van der Waals surface area contributed by atoms with Crippen molar-refractivity contribution >= 4 is 5.69 Å². The normalized spacial score (nSPS) is 12.6. The smallest absolute Gasteiger partial charge is 0.153 e. The quantitative estimate of drug-likeness (QED) is 0.866. The highest BCUT2D eigenvalue weighted by atomic mass is 16.5. The maximum atomic E-state index is 5.22. The Labute approximate surface area is 113 Å². The molecule has 102 valence electrons. The summed E-state index contributed by atoms with van der Waals surface area (Å²) in [5.41, 5.74) is 0.992. The zero-order valence-corrected chi connectivity index (χ0v) is 11.6. The maximum Gasteiger partial charge on any atom is 0.153 e. The highest BCUT2D eigenvalue weighted by molar-refractivity contribution is 5.44. The third-order valence-corrected chi connectivity index (χ3v) is 2.99. The van der Waals surface area contributed by atoms with E-state index in [0.29, 0.717) is 12.5 Å². The van der Waals surface area contributed by atoms with E-state index in [9.17, 15) is 0 Å². The van der Waals surface area contributed by atoms with Gasteiger partial charge >= 0.3 is 0 Å². The van der Waals surface area contributed by atoms with Crippen LogP contribution in [0.5, 0.6) is 0 Å². The Balaban J connectivity index is 2.06. The van der Waals surface area contributed by atoms with Gasteiger partial charge in [-0.15, -0.1) is 0 Å².